The molecule has 0 fully saturated rings. The third-order valence-electron chi connectivity index (χ3n) is 2.21. The summed E-state index contributed by atoms with van der Waals surface area (Å²) in [4.78, 5) is 9.14. The first-order valence-corrected chi connectivity index (χ1v) is 7.91. The first-order chi connectivity index (χ1) is 8.99. The molecule has 0 saturated carbocycles. The fourth-order valence-electron chi connectivity index (χ4n) is 1.31. The van der Waals surface area contributed by atoms with Gasteiger partial charge in [0.15, 0.2) is 15.0 Å². The molecule has 0 amide bonds. The molecule has 0 saturated heterocycles. The van der Waals surface area contributed by atoms with Crippen molar-refractivity contribution in [2.75, 3.05) is 6.26 Å². The molecule has 0 atom stereocenters. The number of hydrogen-bond acceptors (Lipinski definition) is 6. The first-order valence-electron chi connectivity index (χ1n) is 5.20. The van der Waals surface area contributed by atoms with Gasteiger partial charge in [-0.15, -0.1) is 0 Å². The van der Waals surface area contributed by atoms with Crippen LogP contribution in [0.1, 0.15) is 5.69 Å². The van der Waals surface area contributed by atoms with Gasteiger partial charge in [0, 0.05) is 17.3 Å². The van der Waals surface area contributed by atoms with Gasteiger partial charge >= 0.3 is 0 Å². The SMILES string of the molecule is CS(=O)(=O)c1ccc(Sc2nccc(C#N)n2)cc1. The average molecular weight is 291 g/mol. The van der Waals surface area contributed by atoms with Gasteiger partial charge in [-0.3, -0.25) is 0 Å². The van der Waals surface area contributed by atoms with Crippen LogP contribution in [0.15, 0.2) is 51.5 Å². The van der Waals surface area contributed by atoms with E-state index in [0.717, 1.165) is 11.2 Å². The van der Waals surface area contributed by atoms with Gasteiger partial charge in [-0.25, -0.2) is 18.4 Å². The molecule has 1 heterocycles. The van der Waals surface area contributed by atoms with Gasteiger partial charge in [-0.05, 0) is 42.1 Å². The van der Waals surface area contributed by atoms with E-state index in [1.54, 1.807) is 12.1 Å². The van der Waals surface area contributed by atoms with Gasteiger partial charge < -0.3 is 0 Å². The van der Waals surface area contributed by atoms with Crippen molar-refractivity contribution in [3.05, 3.63) is 42.2 Å². The topological polar surface area (TPSA) is 83.7 Å². The van der Waals surface area contributed by atoms with Crippen LogP contribution in [0.25, 0.3) is 0 Å². The van der Waals surface area contributed by atoms with E-state index >= 15 is 0 Å². The van der Waals surface area contributed by atoms with Gasteiger partial charge in [0.1, 0.15) is 11.8 Å². The Morgan fingerprint density at radius 3 is 2.47 bits per heavy atom. The average Bonchev–Trinajstić information content (AvgIpc) is 2.38. The molecular formula is C12H9N3O2S2. The molecule has 0 radical (unpaired) electrons. The lowest BCUT2D eigenvalue weighted by Gasteiger charge is -2.02. The van der Waals surface area contributed by atoms with Crippen LogP contribution in [0.5, 0.6) is 0 Å². The van der Waals surface area contributed by atoms with Gasteiger partial charge in [-0.2, -0.15) is 5.26 Å². The second kappa shape index (κ2) is 5.38. The summed E-state index contributed by atoms with van der Waals surface area (Å²) in [5.41, 5.74) is 0.297. The normalized spacial score (nSPS) is 10.9. The Hall–Kier alpha value is -1.91. The standard InChI is InChI=1S/C12H9N3O2S2/c1-19(16,17)11-4-2-10(3-5-11)18-12-14-7-6-9(8-13)15-12/h2-7H,1H3. The molecular weight excluding hydrogens is 282 g/mol. The minimum Gasteiger partial charge on any atom is -0.231 e. The van der Waals surface area contributed by atoms with Gasteiger partial charge in [-0.1, -0.05) is 0 Å². The predicted molar refractivity (Wildman–Crippen MR) is 70.4 cm³/mol. The minimum absolute atomic E-state index is 0.267. The molecule has 1 aromatic carbocycles. The third kappa shape index (κ3) is 3.53. The fourth-order valence-corrected chi connectivity index (χ4v) is 2.68. The summed E-state index contributed by atoms with van der Waals surface area (Å²) in [6, 6.07) is 9.90. The highest BCUT2D eigenvalue weighted by Crippen LogP contribution is 2.25. The lowest BCUT2D eigenvalue weighted by Crippen LogP contribution is -1.96. The number of aromatic nitrogens is 2. The zero-order valence-electron chi connectivity index (χ0n) is 9.94. The van der Waals surface area contributed by atoms with Crippen molar-refractivity contribution in [2.24, 2.45) is 0 Å². The number of hydrogen-bond donors (Lipinski definition) is 0. The van der Waals surface area contributed by atoms with Crippen LogP contribution in [-0.2, 0) is 9.84 Å². The maximum Gasteiger partial charge on any atom is 0.193 e. The summed E-state index contributed by atoms with van der Waals surface area (Å²) < 4.78 is 22.6. The van der Waals surface area contributed by atoms with E-state index in [1.807, 2.05) is 6.07 Å². The van der Waals surface area contributed by atoms with Crippen LogP contribution in [0.4, 0.5) is 0 Å². The van der Waals surface area contributed by atoms with E-state index in [9.17, 15) is 8.42 Å². The van der Waals surface area contributed by atoms with Crippen molar-refractivity contribution >= 4 is 21.6 Å². The van der Waals surface area contributed by atoms with E-state index in [4.69, 9.17) is 5.26 Å². The Morgan fingerprint density at radius 2 is 1.89 bits per heavy atom. The Kier molecular flexibility index (Phi) is 3.83. The van der Waals surface area contributed by atoms with Crippen LogP contribution in [-0.4, -0.2) is 24.6 Å². The molecule has 1 aromatic heterocycles. The molecule has 0 aliphatic carbocycles. The van der Waals surface area contributed by atoms with Crippen molar-refractivity contribution in [3.63, 3.8) is 0 Å². The van der Waals surface area contributed by atoms with Crippen molar-refractivity contribution in [1.82, 2.24) is 9.97 Å². The zero-order chi connectivity index (χ0) is 13.9. The van der Waals surface area contributed by atoms with Crippen LogP contribution < -0.4 is 0 Å². The van der Waals surface area contributed by atoms with Gasteiger partial charge in [0.25, 0.3) is 0 Å². The summed E-state index contributed by atoms with van der Waals surface area (Å²) in [7, 11) is -3.19. The van der Waals surface area contributed by atoms with Crippen LogP contribution in [0.2, 0.25) is 0 Å². The quantitative estimate of drug-likeness (QED) is 0.803. The minimum atomic E-state index is -3.19. The first kappa shape index (κ1) is 13.5. The molecule has 2 aromatic rings. The molecule has 0 aliphatic rings. The van der Waals surface area contributed by atoms with Crippen LogP contribution in [0.3, 0.4) is 0 Å². The molecule has 96 valence electrons. The second-order valence-corrected chi connectivity index (χ2v) is 6.74. The summed E-state index contributed by atoms with van der Waals surface area (Å²) in [6.45, 7) is 0. The molecule has 7 heteroatoms. The molecule has 0 unspecified atom stereocenters. The summed E-state index contributed by atoms with van der Waals surface area (Å²) in [6.07, 6.45) is 2.67. The number of benzene rings is 1. The Labute approximate surface area is 115 Å². The van der Waals surface area contributed by atoms with Crippen LogP contribution in [0, 0.1) is 11.3 Å². The second-order valence-electron chi connectivity index (χ2n) is 3.68. The largest absolute Gasteiger partial charge is 0.231 e. The highest BCUT2D eigenvalue weighted by molar-refractivity contribution is 7.99. The lowest BCUT2D eigenvalue weighted by atomic mass is 10.4. The number of nitriles is 1. The van der Waals surface area contributed by atoms with E-state index in [2.05, 4.69) is 9.97 Å². The molecule has 5 nitrogen and oxygen atoms in total. The monoisotopic (exact) mass is 291 g/mol. The maximum absolute atomic E-state index is 11.3. The highest BCUT2D eigenvalue weighted by Gasteiger charge is 2.07. The Morgan fingerprint density at radius 1 is 1.21 bits per heavy atom. The fraction of sp³-hybridized carbons (Fsp3) is 0.0833. The van der Waals surface area contributed by atoms with Gasteiger partial charge in [0.2, 0.25) is 0 Å². The third-order valence-corrected chi connectivity index (χ3v) is 4.22. The molecule has 19 heavy (non-hydrogen) atoms. The van der Waals surface area contributed by atoms with Crippen LogP contribution >= 0.6 is 11.8 Å². The summed E-state index contributed by atoms with van der Waals surface area (Å²) in [5, 5.41) is 9.19. The molecule has 0 spiro atoms. The number of rotatable bonds is 3. The van der Waals surface area contributed by atoms with Crippen molar-refractivity contribution in [2.45, 2.75) is 14.9 Å². The van der Waals surface area contributed by atoms with Crippen molar-refractivity contribution in [1.29, 1.82) is 5.26 Å². The zero-order valence-corrected chi connectivity index (χ0v) is 11.6. The molecule has 2 rings (SSSR count). The van der Waals surface area contributed by atoms with E-state index < -0.39 is 9.84 Å². The Bertz CT molecular complexity index is 734. The summed E-state index contributed by atoms with van der Waals surface area (Å²) >= 11 is 1.27. The Balaban J connectivity index is 2.22. The maximum atomic E-state index is 11.3. The van der Waals surface area contributed by atoms with Gasteiger partial charge in [0.05, 0.1) is 4.90 Å². The van der Waals surface area contributed by atoms with E-state index in [0.29, 0.717) is 10.9 Å². The van der Waals surface area contributed by atoms with Crippen molar-refractivity contribution < 1.29 is 8.42 Å². The number of sulfone groups is 1. The molecule has 0 aliphatic heterocycles. The summed E-state index contributed by atoms with van der Waals surface area (Å²) in [5.74, 6) is 0. The molecule has 0 N–H and O–H groups in total. The van der Waals surface area contributed by atoms with E-state index in [1.165, 1.54) is 36.2 Å². The highest BCUT2D eigenvalue weighted by atomic mass is 32.2. The number of nitrogens with zero attached hydrogens (tertiary/aromatic N) is 3. The molecule has 0 bridgehead atoms. The smallest absolute Gasteiger partial charge is 0.193 e. The predicted octanol–water partition coefficient (Wildman–Crippen LogP) is 1.90. The van der Waals surface area contributed by atoms with Crippen molar-refractivity contribution in [3.8, 4) is 6.07 Å². The van der Waals surface area contributed by atoms with E-state index in [-0.39, 0.29) is 4.90 Å². The lowest BCUT2D eigenvalue weighted by molar-refractivity contribution is 0.602.